The molecule has 1 aliphatic heterocycles. The van der Waals surface area contributed by atoms with Crippen molar-refractivity contribution in [3.63, 3.8) is 0 Å². The molecule has 1 heterocycles. The predicted molar refractivity (Wildman–Crippen MR) is 80.4 cm³/mol. The predicted octanol–water partition coefficient (Wildman–Crippen LogP) is 1.48. The van der Waals surface area contributed by atoms with Crippen LogP contribution in [0.4, 0.5) is 18.9 Å². The summed E-state index contributed by atoms with van der Waals surface area (Å²) in [6.07, 6.45) is -5.02. The van der Waals surface area contributed by atoms with Gasteiger partial charge in [-0.3, -0.25) is 14.4 Å². The number of para-hydroxylation sites is 1. The number of alkyl halides is 3. The second kappa shape index (κ2) is 6.81. The zero-order valence-electron chi connectivity index (χ0n) is 12.1. The Kier molecular flexibility index (Phi) is 5.19. The topological polar surface area (TPSA) is 101 Å². The Morgan fingerprint density at radius 3 is 2.58 bits per heavy atom. The summed E-state index contributed by atoms with van der Waals surface area (Å²) in [5.74, 6) is -2.97. The molecule has 2 rings (SSSR count). The maximum atomic E-state index is 13.1. The molecule has 1 aliphatic rings. The number of benzene rings is 1. The van der Waals surface area contributed by atoms with Gasteiger partial charge >= 0.3 is 12.1 Å². The van der Waals surface area contributed by atoms with E-state index in [0.717, 1.165) is 30.0 Å². The average molecular weight is 362 g/mol. The lowest BCUT2D eigenvalue weighted by atomic mass is 10.1. The zero-order chi connectivity index (χ0) is 18.1. The normalized spacial score (nSPS) is 19.7. The van der Waals surface area contributed by atoms with Crippen LogP contribution >= 0.6 is 11.8 Å². The van der Waals surface area contributed by atoms with Crippen molar-refractivity contribution in [2.45, 2.75) is 23.9 Å². The van der Waals surface area contributed by atoms with Crippen LogP contribution in [-0.4, -0.2) is 39.9 Å². The number of amides is 2. The standard InChI is InChI=1S/C14H13F3N2O4S/c15-14(16,17)7-3-1-2-4-9(7)19-11(20)5-10(12(19)21)24-6-8(18)13(22)23/h1-4,8,10H,5-6,18H2,(H,22,23)/t8-,10-/m1/s1. The number of hydrogen-bond donors (Lipinski definition) is 2. The number of hydrogen-bond acceptors (Lipinski definition) is 5. The van der Waals surface area contributed by atoms with E-state index in [1.807, 2.05) is 0 Å². The lowest BCUT2D eigenvalue weighted by Crippen LogP contribution is -2.35. The second-order valence-electron chi connectivity index (χ2n) is 5.05. The molecule has 0 radical (unpaired) electrons. The number of aliphatic carboxylic acids is 1. The fourth-order valence-corrected chi connectivity index (χ4v) is 3.28. The van der Waals surface area contributed by atoms with Crippen molar-refractivity contribution >= 4 is 35.2 Å². The molecule has 2 atom stereocenters. The minimum Gasteiger partial charge on any atom is -0.480 e. The van der Waals surface area contributed by atoms with Crippen molar-refractivity contribution in [2.75, 3.05) is 10.7 Å². The highest BCUT2D eigenvalue weighted by molar-refractivity contribution is 8.00. The van der Waals surface area contributed by atoms with Crippen molar-refractivity contribution in [1.82, 2.24) is 0 Å². The van der Waals surface area contributed by atoms with Gasteiger partial charge in [0.1, 0.15) is 6.04 Å². The molecule has 0 spiro atoms. The zero-order valence-corrected chi connectivity index (χ0v) is 12.9. The summed E-state index contributed by atoms with van der Waals surface area (Å²) in [5.41, 5.74) is 3.72. The maximum Gasteiger partial charge on any atom is 0.418 e. The van der Waals surface area contributed by atoms with Crippen LogP contribution in [0.1, 0.15) is 12.0 Å². The van der Waals surface area contributed by atoms with Crippen LogP contribution in [0, 0.1) is 0 Å². The first-order chi connectivity index (χ1) is 11.1. The van der Waals surface area contributed by atoms with Gasteiger partial charge in [-0.15, -0.1) is 11.8 Å². The molecule has 0 saturated carbocycles. The number of rotatable bonds is 5. The largest absolute Gasteiger partial charge is 0.480 e. The fourth-order valence-electron chi connectivity index (χ4n) is 2.19. The molecule has 0 unspecified atom stereocenters. The second-order valence-corrected chi connectivity index (χ2v) is 6.29. The molecule has 24 heavy (non-hydrogen) atoms. The van der Waals surface area contributed by atoms with Crippen LogP contribution in [0.3, 0.4) is 0 Å². The van der Waals surface area contributed by atoms with E-state index in [9.17, 15) is 27.6 Å². The molecule has 6 nitrogen and oxygen atoms in total. The molecule has 130 valence electrons. The van der Waals surface area contributed by atoms with Gasteiger partial charge in [0.05, 0.1) is 16.5 Å². The van der Waals surface area contributed by atoms with E-state index in [4.69, 9.17) is 10.8 Å². The summed E-state index contributed by atoms with van der Waals surface area (Å²) in [6.45, 7) is 0. The van der Waals surface area contributed by atoms with E-state index < -0.39 is 46.5 Å². The number of halogens is 3. The van der Waals surface area contributed by atoms with E-state index in [1.165, 1.54) is 6.07 Å². The van der Waals surface area contributed by atoms with Crippen LogP contribution in [0.5, 0.6) is 0 Å². The van der Waals surface area contributed by atoms with Gasteiger partial charge in [-0.2, -0.15) is 13.2 Å². The molecule has 0 aliphatic carbocycles. The number of thioether (sulfide) groups is 1. The molecule has 0 bridgehead atoms. The van der Waals surface area contributed by atoms with Crippen molar-refractivity contribution < 1.29 is 32.7 Å². The van der Waals surface area contributed by atoms with E-state index >= 15 is 0 Å². The highest BCUT2D eigenvalue weighted by Crippen LogP contribution is 2.39. The minimum absolute atomic E-state index is 0.131. The Bertz CT molecular complexity index is 680. The molecular formula is C14H13F3N2O4S. The number of imide groups is 1. The van der Waals surface area contributed by atoms with Crippen LogP contribution in [0.2, 0.25) is 0 Å². The van der Waals surface area contributed by atoms with Gasteiger partial charge in [-0.1, -0.05) is 12.1 Å². The Morgan fingerprint density at radius 2 is 2.00 bits per heavy atom. The quantitative estimate of drug-likeness (QED) is 0.770. The molecule has 2 amide bonds. The smallest absolute Gasteiger partial charge is 0.418 e. The van der Waals surface area contributed by atoms with Gasteiger partial charge in [-0.25, -0.2) is 4.90 Å². The lowest BCUT2D eigenvalue weighted by Gasteiger charge is -2.20. The number of nitrogens with two attached hydrogens (primary N) is 1. The summed E-state index contributed by atoms with van der Waals surface area (Å²) in [6, 6.07) is 3.07. The molecular weight excluding hydrogens is 349 g/mol. The van der Waals surface area contributed by atoms with Crippen molar-refractivity contribution in [3.05, 3.63) is 29.8 Å². The average Bonchev–Trinajstić information content (AvgIpc) is 2.78. The van der Waals surface area contributed by atoms with Crippen LogP contribution in [0.15, 0.2) is 24.3 Å². The van der Waals surface area contributed by atoms with Gasteiger partial charge in [-0.05, 0) is 12.1 Å². The van der Waals surface area contributed by atoms with Crippen LogP contribution in [-0.2, 0) is 20.6 Å². The number of nitrogens with zero attached hydrogens (tertiary/aromatic N) is 1. The number of anilines is 1. The number of carboxylic acid groups (broad SMARTS) is 1. The number of carbonyl (C=O) groups excluding carboxylic acids is 2. The van der Waals surface area contributed by atoms with Crippen LogP contribution < -0.4 is 10.6 Å². The van der Waals surface area contributed by atoms with Gasteiger partial charge in [0.2, 0.25) is 11.8 Å². The van der Waals surface area contributed by atoms with Crippen molar-refractivity contribution in [3.8, 4) is 0 Å². The molecule has 1 fully saturated rings. The summed E-state index contributed by atoms with van der Waals surface area (Å²) in [7, 11) is 0. The fraction of sp³-hybridized carbons (Fsp3) is 0.357. The SMILES string of the molecule is N[C@H](CS[C@@H]1CC(=O)N(c2ccccc2C(F)(F)F)C1=O)C(=O)O. The third-order valence-electron chi connectivity index (χ3n) is 3.35. The summed E-state index contributed by atoms with van der Waals surface area (Å²) in [5, 5.41) is 7.75. The molecule has 1 saturated heterocycles. The molecule has 10 heteroatoms. The van der Waals surface area contributed by atoms with Gasteiger partial charge < -0.3 is 10.8 Å². The third-order valence-corrected chi connectivity index (χ3v) is 4.67. The van der Waals surface area contributed by atoms with E-state index in [2.05, 4.69) is 0 Å². The van der Waals surface area contributed by atoms with E-state index in [0.29, 0.717) is 4.90 Å². The molecule has 0 aromatic heterocycles. The molecule has 3 N–H and O–H groups in total. The van der Waals surface area contributed by atoms with Crippen molar-refractivity contribution in [1.29, 1.82) is 0 Å². The highest BCUT2D eigenvalue weighted by Gasteiger charge is 2.44. The Balaban J connectivity index is 2.23. The highest BCUT2D eigenvalue weighted by atomic mass is 32.2. The van der Waals surface area contributed by atoms with Gasteiger partial charge in [0.25, 0.3) is 0 Å². The summed E-state index contributed by atoms with van der Waals surface area (Å²) in [4.78, 5) is 35.5. The number of carbonyl (C=O) groups is 3. The maximum absolute atomic E-state index is 13.1. The van der Waals surface area contributed by atoms with E-state index in [1.54, 1.807) is 0 Å². The summed E-state index contributed by atoms with van der Waals surface area (Å²) < 4.78 is 39.2. The van der Waals surface area contributed by atoms with Gasteiger partial charge in [0.15, 0.2) is 0 Å². The Labute approximate surface area is 138 Å². The van der Waals surface area contributed by atoms with E-state index in [-0.39, 0.29) is 12.2 Å². The summed E-state index contributed by atoms with van der Waals surface area (Å²) >= 11 is 0.845. The number of carboxylic acids is 1. The Hall–Kier alpha value is -2.07. The molecule has 1 aromatic carbocycles. The first kappa shape index (κ1) is 18.3. The first-order valence-corrected chi connectivity index (χ1v) is 7.80. The minimum atomic E-state index is -4.71. The van der Waals surface area contributed by atoms with Crippen molar-refractivity contribution in [2.24, 2.45) is 5.73 Å². The third kappa shape index (κ3) is 3.70. The van der Waals surface area contributed by atoms with Crippen LogP contribution in [0.25, 0.3) is 0 Å². The molecule has 1 aromatic rings. The Morgan fingerprint density at radius 1 is 1.38 bits per heavy atom. The van der Waals surface area contributed by atoms with Gasteiger partial charge in [0, 0.05) is 12.2 Å². The first-order valence-electron chi connectivity index (χ1n) is 6.76. The lowest BCUT2D eigenvalue weighted by molar-refractivity contribution is -0.138. The monoisotopic (exact) mass is 362 g/mol.